The Balaban J connectivity index is 2.22. The SMILES string of the molecule is CC1(C)C2CCC1(C)C(CCS)C2. The second-order valence-corrected chi connectivity index (χ2v) is 6.27. The van der Waals surface area contributed by atoms with Gasteiger partial charge in [-0.25, -0.2) is 0 Å². The Morgan fingerprint density at radius 2 is 2.00 bits per heavy atom. The molecule has 2 rings (SSSR count). The van der Waals surface area contributed by atoms with E-state index in [9.17, 15) is 0 Å². The van der Waals surface area contributed by atoms with E-state index in [1.54, 1.807) is 0 Å². The standard InChI is InChI=1S/C12H22S/c1-11(2)9-4-6-12(11,3)10(8-9)5-7-13/h9-10,13H,4-8H2,1-3H3. The van der Waals surface area contributed by atoms with Gasteiger partial charge in [-0.1, -0.05) is 20.8 Å². The van der Waals surface area contributed by atoms with Gasteiger partial charge in [0.05, 0.1) is 0 Å². The van der Waals surface area contributed by atoms with E-state index in [0.717, 1.165) is 17.6 Å². The van der Waals surface area contributed by atoms with Crippen molar-refractivity contribution in [2.24, 2.45) is 22.7 Å². The van der Waals surface area contributed by atoms with Crippen molar-refractivity contribution in [1.82, 2.24) is 0 Å². The lowest BCUT2D eigenvalue weighted by Gasteiger charge is -2.39. The molecule has 0 radical (unpaired) electrons. The van der Waals surface area contributed by atoms with E-state index >= 15 is 0 Å². The highest BCUT2D eigenvalue weighted by Gasteiger charge is 2.60. The largest absolute Gasteiger partial charge is 0.179 e. The fourth-order valence-electron chi connectivity index (χ4n) is 3.96. The van der Waals surface area contributed by atoms with Gasteiger partial charge in [-0.05, 0) is 54.1 Å². The van der Waals surface area contributed by atoms with Gasteiger partial charge >= 0.3 is 0 Å². The Kier molecular flexibility index (Phi) is 2.22. The lowest BCUT2D eigenvalue weighted by molar-refractivity contribution is 0.101. The van der Waals surface area contributed by atoms with Crippen molar-refractivity contribution in [3.8, 4) is 0 Å². The Morgan fingerprint density at radius 3 is 2.38 bits per heavy atom. The third kappa shape index (κ3) is 1.12. The van der Waals surface area contributed by atoms with Gasteiger partial charge < -0.3 is 0 Å². The van der Waals surface area contributed by atoms with E-state index in [1.165, 1.54) is 25.7 Å². The van der Waals surface area contributed by atoms with Crippen LogP contribution >= 0.6 is 12.6 Å². The lowest BCUT2D eigenvalue weighted by atomic mass is 9.66. The van der Waals surface area contributed by atoms with E-state index in [2.05, 4.69) is 33.4 Å². The summed E-state index contributed by atoms with van der Waals surface area (Å²) >= 11 is 4.38. The van der Waals surface area contributed by atoms with Crippen molar-refractivity contribution in [2.45, 2.75) is 46.5 Å². The van der Waals surface area contributed by atoms with Gasteiger partial charge in [0.25, 0.3) is 0 Å². The summed E-state index contributed by atoms with van der Waals surface area (Å²) in [6.07, 6.45) is 5.75. The molecule has 0 aromatic rings. The number of rotatable bonds is 2. The first-order valence-corrected chi connectivity index (χ1v) is 6.26. The molecule has 0 saturated heterocycles. The van der Waals surface area contributed by atoms with Crippen molar-refractivity contribution >= 4 is 12.6 Å². The van der Waals surface area contributed by atoms with Gasteiger partial charge in [-0.2, -0.15) is 12.6 Å². The Bertz CT molecular complexity index is 209. The smallest absolute Gasteiger partial charge is 0.00951 e. The van der Waals surface area contributed by atoms with E-state index in [1.807, 2.05) is 0 Å². The summed E-state index contributed by atoms with van der Waals surface area (Å²) in [4.78, 5) is 0. The summed E-state index contributed by atoms with van der Waals surface area (Å²) in [5.74, 6) is 3.03. The van der Waals surface area contributed by atoms with Crippen molar-refractivity contribution in [1.29, 1.82) is 0 Å². The Morgan fingerprint density at radius 1 is 1.31 bits per heavy atom. The number of thiol groups is 1. The second-order valence-electron chi connectivity index (χ2n) is 5.82. The van der Waals surface area contributed by atoms with E-state index in [4.69, 9.17) is 0 Å². The summed E-state index contributed by atoms with van der Waals surface area (Å²) < 4.78 is 0. The maximum Gasteiger partial charge on any atom is -0.00951 e. The molecule has 13 heavy (non-hydrogen) atoms. The van der Waals surface area contributed by atoms with Crippen LogP contribution in [0.15, 0.2) is 0 Å². The van der Waals surface area contributed by atoms with Crippen molar-refractivity contribution in [3.05, 3.63) is 0 Å². The summed E-state index contributed by atoms with van der Waals surface area (Å²) in [5, 5.41) is 0. The van der Waals surface area contributed by atoms with Crippen LogP contribution < -0.4 is 0 Å². The average Bonchev–Trinajstić information content (AvgIpc) is 2.37. The number of hydrogen-bond donors (Lipinski definition) is 1. The van der Waals surface area contributed by atoms with Crippen LogP contribution in [0.3, 0.4) is 0 Å². The minimum Gasteiger partial charge on any atom is -0.179 e. The monoisotopic (exact) mass is 198 g/mol. The van der Waals surface area contributed by atoms with E-state index < -0.39 is 0 Å². The molecule has 2 saturated carbocycles. The first-order valence-electron chi connectivity index (χ1n) is 5.63. The minimum atomic E-state index is 0.598. The molecule has 0 nitrogen and oxygen atoms in total. The first-order chi connectivity index (χ1) is 6.02. The van der Waals surface area contributed by atoms with Crippen LogP contribution in [0, 0.1) is 22.7 Å². The van der Waals surface area contributed by atoms with Crippen LogP contribution in [-0.4, -0.2) is 5.75 Å². The van der Waals surface area contributed by atoms with Gasteiger partial charge in [0, 0.05) is 0 Å². The summed E-state index contributed by atoms with van der Waals surface area (Å²) in [5.41, 5.74) is 1.22. The molecule has 0 aromatic carbocycles. The minimum absolute atomic E-state index is 0.598. The summed E-state index contributed by atoms with van der Waals surface area (Å²) in [7, 11) is 0. The molecular weight excluding hydrogens is 176 g/mol. The molecule has 3 atom stereocenters. The van der Waals surface area contributed by atoms with E-state index in [-0.39, 0.29) is 0 Å². The van der Waals surface area contributed by atoms with Crippen LogP contribution in [0.5, 0.6) is 0 Å². The highest BCUT2D eigenvalue weighted by molar-refractivity contribution is 7.80. The van der Waals surface area contributed by atoms with E-state index in [0.29, 0.717) is 10.8 Å². The van der Waals surface area contributed by atoms with Gasteiger partial charge in [-0.15, -0.1) is 0 Å². The molecule has 0 aromatic heterocycles. The molecule has 1 heteroatoms. The molecule has 76 valence electrons. The van der Waals surface area contributed by atoms with Crippen molar-refractivity contribution in [3.63, 3.8) is 0 Å². The molecule has 0 amide bonds. The molecule has 2 aliphatic carbocycles. The molecule has 3 unspecified atom stereocenters. The van der Waals surface area contributed by atoms with Crippen LogP contribution in [0.2, 0.25) is 0 Å². The number of fused-ring (bicyclic) bond motifs is 2. The maximum atomic E-state index is 4.38. The Hall–Kier alpha value is 0.350. The number of hydrogen-bond acceptors (Lipinski definition) is 1. The van der Waals surface area contributed by atoms with Crippen molar-refractivity contribution < 1.29 is 0 Å². The van der Waals surface area contributed by atoms with Crippen LogP contribution in [0.25, 0.3) is 0 Å². The quantitative estimate of drug-likeness (QED) is 0.642. The molecule has 2 bridgehead atoms. The maximum absolute atomic E-state index is 4.38. The summed E-state index contributed by atoms with van der Waals surface area (Å²) in [6, 6.07) is 0. The predicted octanol–water partition coefficient (Wildman–Crippen LogP) is 3.77. The lowest BCUT2D eigenvalue weighted by Crippen LogP contribution is -2.32. The average molecular weight is 198 g/mol. The molecular formula is C12H22S. The van der Waals surface area contributed by atoms with Crippen molar-refractivity contribution in [2.75, 3.05) is 5.75 Å². The summed E-state index contributed by atoms with van der Waals surface area (Å²) in [6.45, 7) is 7.50. The molecule has 0 aliphatic heterocycles. The van der Waals surface area contributed by atoms with Crippen LogP contribution in [-0.2, 0) is 0 Å². The molecule has 0 heterocycles. The third-order valence-corrected chi connectivity index (χ3v) is 5.71. The zero-order valence-electron chi connectivity index (χ0n) is 9.14. The van der Waals surface area contributed by atoms with Crippen LogP contribution in [0.1, 0.15) is 46.5 Å². The highest BCUT2D eigenvalue weighted by Crippen LogP contribution is 2.68. The fourth-order valence-corrected chi connectivity index (χ4v) is 4.27. The normalized spacial score (nSPS) is 47.1. The zero-order valence-corrected chi connectivity index (χ0v) is 10.0. The van der Waals surface area contributed by atoms with Gasteiger partial charge in [0.1, 0.15) is 0 Å². The van der Waals surface area contributed by atoms with Crippen LogP contribution in [0.4, 0.5) is 0 Å². The fraction of sp³-hybridized carbons (Fsp3) is 1.00. The highest BCUT2D eigenvalue weighted by atomic mass is 32.1. The second kappa shape index (κ2) is 2.92. The van der Waals surface area contributed by atoms with Gasteiger partial charge in [0.2, 0.25) is 0 Å². The Labute approximate surface area is 87.9 Å². The first kappa shape index (κ1) is 9.89. The van der Waals surface area contributed by atoms with Gasteiger partial charge in [-0.3, -0.25) is 0 Å². The zero-order chi connectivity index (χ0) is 9.69. The van der Waals surface area contributed by atoms with Gasteiger partial charge in [0.15, 0.2) is 0 Å². The molecule has 0 N–H and O–H groups in total. The topological polar surface area (TPSA) is 0 Å². The molecule has 2 aliphatic rings. The molecule has 0 spiro atoms. The molecule has 2 fully saturated rings. The predicted molar refractivity (Wildman–Crippen MR) is 61.2 cm³/mol. The third-order valence-electron chi connectivity index (χ3n) is 5.45.